The summed E-state index contributed by atoms with van der Waals surface area (Å²) in [5.41, 5.74) is 9.30. The number of phenolic OH excluding ortho intramolecular Hbond substituents is 1. The molecule has 22 heavy (non-hydrogen) atoms. The Morgan fingerprint density at radius 2 is 1.86 bits per heavy atom. The second-order valence-corrected chi connectivity index (χ2v) is 5.63. The number of phenols is 1. The summed E-state index contributed by atoms with van der Waals surface area (Å²) in [6.45, 7) is 2.39. The summed E-state index contributed by atoms with van der Waals surface area (Å²) in [7, 11) is 0. The predicted molar refractivity (Wildman–Crippen MR) is 90.2 cm³/mol. The van der Waals surface area contributed by atoms with Crippen LogP contribution in [-0.2, 0) is 0 Å². The van der Waals surface area contributed by atoms with Gasteiger partial charge in [-0.25, -0.2) is 4.98 Å². The zero-order valence-electron chi connectivity index (χ0n) is 12.1. The first-order valence-electron chi connectivity index (χ1n) is 6.95. The number of nitrogens with zero attached hydrogens (tertiary/aromatic N) is 1. The molecule has 0 saturated carbocycles. The zero-order valence-corrected chi connectivity index (χ0v) is 12.9. The summed E-state index contributed by atoms with van der Waals surface area (Å²) in [5, 5.41) is 12.7. The summed E-state index contributed by atoms with van der Waals surface area (Å²) in [6, 6.07) is 12.9. The van der Waals surface area contributed by atoms with Gasteiger partial charge in [-0.3, -0.25) is 0 Å². The number of aromatic nitrogens is 1. The van der Waals surface area contributed by atoms with Crippen molar-refractivity contribution in [3.05, 3.63) is 47.8 Å². The van der Waals surface area contributed by atoms with Crippen molar-refractivity contribution < 1.29 is 9.84 Å². The fourth-order valence-electron chi connectivity index (χ4n) is 2.11. The topological polar surface area (TPSA) is 68.4 Å². The molecule has 0 amide bonds. The minimum atomic E-state index is 0.140. The highest BCUT2D eigenvalue weighted by atomic mass is 32.1. The lowest BCUT2D eigenvalue weighted by Crippen LogP contribution is -1.92. The Labute approximate surface area is 132 Å². The third-order valence-corrected chi connectivity index (χ3v) is 4.11. The Bertz CT molecular complexity index is 782. The number of ether oxygens (including phenoxy) is 1. The lowest BCUT2D eigenvalue weighted by atomic mass is 10.1. The van der Waals surface area contributed by atoms with E-state index in [0.717, 1.165) is 27.5 Å². The van der Waals surface area contributed by atoms with E-state index in [2.05, 4.69) is 4.98 Å². The Morgan fingerprint density at radius 3 is 2.59 bits per heavy atom. The summed E-state index contributed by atoms with van der Waals surface area (Å²) >= 11 is 1.55. The van der Waals surface area contributed by atoms with Gasteiger partial charge in [0.05, 0.1) is 12.3 Å². The van der Waals surface area contributed by atoms with Gasteiger partial charge in [0.15, 0.2) is 11.5 Å². The molecule has 0 bridgehead atoms. The Morgan fingerprint density at radius 1 is 1.14 bits per heavy atom. The van der Waals surface area contributed by atoms with Crippen LogP contribution in [0.4, 0.5) is 5.69 Å². The van der Waals surface area contributed by atoms with Crippen molar-refractivity contribution in [2.24, 2.45) is 0 Å². The quantitative estimate of drug-likeness (QED) is 0.710. The molecule has 4 nitrogen and oxygen atoms in total. The van der Waals surface area contributed by atoms with Crippen molar-refractivity contribution in [2.75, 3.05) is 12.3 Å². The molecule has 5 heteroatoms. The highest BCUT2D eigenvalue weighted by molar-refractivity contribution is 7.13. The summed E-state index contributed by atoms with van der Waals surface area (Å²) in [6.07, 6.45) is 0. The molecule has 1 heterocycles. The Hall–Kier alpha value is -2.53. The third-order valence-electron chi connectivity index (χ3n) is 3.22. The first-order chi connectivity index (χ1) is 10.7. The fraction of sp³-hybridized carbons (Fsp3) is 0.118. The molecule has 0 aliphatic rings. The van der Waals surface area contributed by atoms with Crippen LogP contribution in [0.3, 0.4) is 0 Å². The number of anilines is 1. The van der Waals surface area contributed by atoms with Crippen LogP contribution in [0.2, 0.25) is 0 Å². The average Bonchev–Trinajstić information content (AvgIpc) is 3.00. The number of thiazole rings is 1. The monoisotopic (exact) mass is 312 g/mol. The second kappa shape index (κ2) is 6.07. The molecular formula is C17H16N2O2S. The van der Waals surface area contributed by atoms with E-state index in [9.17, 15) is 5.11 Å². The van der Waals surface area contributed by atoms with E-state index >= 15 is 0 Å². The number of aromatic hydroxyl groups is 1. The molecule has 2 aromatic carbocycles. The molecule has 0 unspecified atom stereocenters. The van der Waals surface area contributed by atoms with Crippen molar-refractivity contribution in [3.63, 3.8) is 0 Å². The van der Waals surface area contributed by atoms with Gasteiger partial charge in [-0.1, -0.05) is 12.1 Å². The van der Waals surface area contributed by atoms with E-state index in [1.54, 1.807) is 17.4 Å². The maximum Gasteiger partial charge on any atom is 0.161 e. The lowest BCUT2D eigenvalue weighted by molar-refractivity contribution is 0.318. The second-order valence-electron chi connectivity index (χ2n) is 4.78. The Balaban J connectivity index is 1.93. The zero-order chi connectivity index (χ0) is 15.5. The maximum absolute atomic E-state index is 9.77. The number of nitrogen functional groups attached to an aromatic ring is 1. The molecule has 3 rings (SSSR count). The highest BCUT2D eigenvalue weighted by Gasteiger charge is 2.10. The van der Waals surface area contributed by atoms with Gasteiger partial charge in [-0.05, 0) is 37.3 Å². The Kier molecular flexibility index (Phi) is 3.98. The number of rotatable bonds is 4. The van der Waals surface area contributed by atoms with E-state index in [-0.39, 0.29) is 5.75 Å². The molecule has 0 spiro atoms. The molecule has 3 aromatic rings. The first kappa shape index (κ1) is 14.4. The molecule has 0 aliphatic heterocycles. The van der Waals surface area contributed by atoms with Crippen LogP contribution in [0.15, 0.2) is 47.8 Å². The van der Waals surface area contributed by atoms with Crippen LogP contribution in [-0.4, -0.2) is 16.7 Å². The van der Waals surface area contributed by atoms with E-state index < -0.39 is 0 Å². The van der Waals surface area contributed by atoms with Crippen LogP contribution < -0.4 is 10.5 Å². The number of benzene rings is 2. The van der Waals surface area contributed by atoms with Crippen LogP contribution in [0.5, 0.6) is 11.5 Å². The summed E-state index contributed by atoms with van der Waals surface area (Å²) < 4.78 is 5.42. The molecule has 0 atom stereocenters. The van der Waals surface area contributed by atoms with Gasteiger partial charge in [-0.15, -0.1) is 11.3 Å². The van der Waals surface area contributed by atoms with E-state index in [1.807, 2.05) is 48.7 Å². The number of hydrogen-bond acceptors (Lipinski definition) is 5. The lowest BCUT2D eigenvalue weighted by Gasteiger charge is -2.06. The SMILES string of the molecule is CCOc1cc(-c2nc(-c3ccc(N)cc3)cs2)ccc1O. The standard InChI is InChI=1S/C17H16N2O2S/c1-2-21-16-9-12(5-8-15(16)20)17-19-14(10-22-17)11-3-6-13(18)7-4-11/h3-10,20H,2,18H2,1H3. The molecule has 0 fully saturated rings. The number of hydrogen-bond donors (Lipinski definition) is 2. The number of nitrogens with two attached hydrogens (primary N) is 1. The van der Waals surface area contributed by atoms with Crippen molar-refractivity contribution >= 4 is 17.0 Å². The van der Waals surface area contributed by atoms with Crippen molar-refractivity contribution in [1.82, 2.24) is 4.98 Å². The van der Waals surface area contributed by atoms with Crippen LogP contribution in [0.1, 0.15) is 6.92 Å². The van der Waals surface area contributed by atoms with Crippen molar-refractivity contribution in [3.8, 4) is 33.3 Å². The van der Waals surface area contributed by atoms with Gasteiger partial charge in [-0.2, -0.15) is 0 Å². The maximum atomic E-state index is 9.77. The van der Waals surface area contributed by atoms with E-state index in [1.165, 1.54) is 0 Å². The third kappa shape index (κ3) is 2.89. The van der Waals surface area contributed by atoms with Gasteiger partial charge in [0, 0.05) is 22.2 Å². The smallest absolute Gasteiger partial charge is 0.161 e. The molecule has 0 radical (unpaired) electrons. The minimum Gasteiger partial charge on any atom is -0.504 e. The molecule has 0 saturated heterocycles. The molecule has 1 aromatic heterocycles. The largest absolute Gasteiger partial charge is 0.504 e. The molecule has 0 aliphatic carbocycles. The normalized spacial score (nSPS) is 10.6. The molecule has 3 N–H and O–H groups in total. The van der Waals surface area contributed by atoms with E-state index in [0.29, 0.717) is 12.4 Å². The van der Waals surface area contributed by atoms with Gasteiger partial charge >= 0.3 is 0 Å². The van der Waals surface area contributed by atoms with Crippen LogP contribution in [0.25, 0.3) is 21.8 Å². The van der Waals surface area contributed by atoms with Crippen LogP contribution >= 0.6 is 11.3 Å². The first-order valence-corrected chi connectivity index (χ1v) is 7.83. The summed E-state index contributed by atoms with van der Waals surface area (Å²) in [4.78, 5) is 4.65. The van der Waals surface area contributed by atoms with Crippen molar-refractivity contribution in [1.29, 1.82) is 0 Å². The highest BCUT2D eigenvalue weighted by Crippen LogP contribution is 2.34. The molecular weight excluding hydrogens is 296 g/mol. The van der Waals surface area contributed by atoms with Gasteiger partial charge in [0.2, 0.25) is 0 Å². The van der Waals surface area contributed by atoms with Gasteiger partial charge < -0.3 is 15.6 Å². The summed E-state index contributed by atoms with van der Waals surface area (Å²) in [5.74, 6) is 0.616. The average molecular weight is 312 g/mol. The fourth-order valence-corrected chi connectivity index (χ4v) is 2.94. The predicted octanol–water partition coefficient (Wildman–Crippen LogP) is 4.16. The van der Waals surface area contributed by atoms with Crippen molar-refractivity contribution in [2.45, 2.75) is 6.92 Å². The minimum absolute atomic E-state index is 0.140. The van der Waals surface area contributed by atoms with Gasteiger partial charge in [0.1, 0.15) is 5.01 Å². The van der Waals surface area contributed by atoms with E-state index in [4.69, 9.17) is 10.5 Å². The molecule has 112 valence electrons. The van der Waals surface area contributed by atoms with Gasteiger partial charge in [0.25, 0.3) is 0 Å². The van der Waals surface area contributed by atoms with Crippen LogP contribution in [0, 0.1) is 0 Å².